The number of nitriles is 1. The number of rotatable bonds is 2. The zero-order valence-electron chi connectivity index (χ0n) is 13.2. The average Bonchev–Trinajstić information content (AvgIpc) is 2.55. The third-order valence-corrected chi connectivity index (χ3v) is 4.02. The zero-order valence-corrected chi connectivity index (χ0v) is 13.2. The number of nitrogens with zero attached hydrogens (tertiary/aromatic N) is 2. The van der Waals surface area contributed by atoms with Crippen LogP contribution in [0.5, 0.6) is 0 Å². The highest BCUT2D eigenvalue weighted by atomic mass is 14.8. The lowest BCUT2D eigenvalue weighted by Gasteiger charge is -2.13. The summed E-state index contributed by atoms with van der Waals surface area (Å²) >= 11 is 0. The van der Waals surface area contributed by atoms with Gasteiger partial charge in [0, 0.05) is 11.1 Å². The number of aromatic nitrogens is 1. The van der Waals surface area contributed by atoms with E-state index in [2.05, 4.69) is 11.1 Å². The van der Waals surface area contributed by atoms with Crippen molar-refractivity contribution in [2.75, 3.05) is 5.73 Å². The summed E-state index contributed by atoms with van der Waals surface area (Å²) in [5.41, 5.74) is 12.4. The molecule has 0 saturated heterocycles. The molecule has 3 rings (SSSR count). The van der Waals surface area contributed by atoms with Gasteiger partial charge in [-0.15, -0.1) is 0 Å². The number of hydrogen-bond donors (Lipinski definition) is 1. The first kappa shape index (κ1) is 14.8. The maximum absolute atomic E-state index is 9.50. The largest absolute Gasteiger partial charge is 0.383 e. The molecule has 1 aromatic heterocycles. The Bertz CT molecular complexity index is 920. The predicted molar refractivity (Wildman–Crippen MR) is 93.7 cm³/mol. The summed E-state index contributed by atoms with van der Waals surface area (Å²) in [5, 5.41) is 9.50. The summed E-state index contributed by atoms with van der Waals surface area (Å²) in [4.78, 5) is 4.45. The molecule has 0 bridgehead atoms. The third kappa shape index (κ3) is 2.67. The highest BCUT2D eigenvalue weighted by molar-refractivity contribution is 5.82. The molecule has 3 aromatic rings. The van der Waals surface area contributed by atoms with E-state index in [0.717, 1.165) is 33.5 Å². The van der Waals surface area contributed by atoms with Gasteiger partial charge >= 0.3 is 0 Å². The summed E-state index contributed by atoms with van der Waals surface area (Å²) in [6.07, 6.45) is 0. The first-order valence-electron chi connectivity index (χ1n) is 7.44. The lowest BCUT2D eigenvalue weighted by atomic mass is 9.94. The first-order valence-corrected chi connectivity index (χ1v) is 7.44. The van der Waals surface area contributed by atoms with E-state index in [1.165, 1.54) is 0 Å². The molecule has 0 saturated carbocycles. The zero-order chi connectivity index (χ0) is 16.4. The minimum absolute atomic E-state index is 0.270. The lowest BCUT2D eigenvalue weighted by molar-refractivity contribution is 1.29. The van der Waals surface area contributed by atoms with E-state index >= 15 is 0 Å². The van der Waals surface area contributed by atoms with Crippen molar-refractivity contribution in [2.24, 2.45) is 0 Å². The number of anilines is 1. The van der Waals surface area contributed by atoms with E-state index in [1.54, 1.807) is 0 Å². The van der Waals surface area contributed by atoms with E-state index in [4.69, 9.17) is 5.73 Å². The minimum atomic E-state index is 0.270. The van der Waals surface area contributed by atoms with Crippen molar-refractivity contribution >= 4 is 5.82 Å². The van der Waals surface area contributed by atoms with Crippen molar-refractivity contribution in [2.45, 2.75) is 13.8 Å². The quantitative estimate of drug-likeness (QED) is 0.758. The predicted octanol–water partition coefficient (Wildman–Crippen LogP) is 4.49. The highest BCUT2D eigenvalue weighted by Crippen LogP contribution is 2.33. The summed E-state index contributed by atoms with van der Waals surface area (Å²) in [6.45, 7) is 4.07. The lowest BCUT2D eigenvalue weighted by Crippen LogP contribution is -2.01. The van der Waals surface area contributed by atoms with Crippen LogP contribution in [0.15, 0.2) is 54.6 Å². The molecule has 0 aliphatic heterocycles. The first-order chi connectivity index (χ1) is 11.1. The molecule has 0 aliphatic rings. The number of nitrogens with two attached hydrogens (primary N) is 1. The van der Waals surface area contributed by atoms with E-state index in [-0.39, 0.29) is 5.82 Å². The minimum Gasteiger partial charge on any atom is -0.383 e. The monoisotopic (exact) mass is 299 g/mol. The van der Waals surface area contributed by atoms with Crippen LogP contribution in [-0.4, -0.2) is 4.98 Å². The van der Waals surface area contributed by atoms with E-state index in [1.807, 2.05) is 68.4 Å². The molecular weight excluding hydrogens is 282 g/mol. The third-order valence-electron chi connectivity index (χ3n) is 4.02. The van der Waals surface area contributed by atoms with Crippen LogP contribution in [0.3, 0.4) is 0 Å². The van der Waals surface area contributed by atoms with Crippen LogP contribution in [-0.2, 0) is 0 Å². The van der Waals surface area contributed by atoms with Crippen LogP contribution < -0.4 is 5.73 Å². The van der Waals surface area contributed by atoms with Gasteiger partial charge in [0.25, 0.3) is 0 Å². The molecule has 3 nitrogen and oxygen atoms in total. The number of benzene rings is 2. The van der Waals surface area contributed by atoms with E-state index in [9.17, 15) is 5.26 Å². The second-order valence-corrected chi connectivity index (χ2v) is 5.56. The Morgan fingerprint density at radius 2 is 1.43 bits per heavy atom. The molecule has 0 amide bonds. The second kappa shape index (κ2) is 5.94. The summed E-state index contributed by atoms with van der Waals surface area (Å²) in [6, 6.07) is 20.2. The summed E-state index contributed by atoms with van der Waals surface area (Å²) < 4.78 is 0. The Balaban J connectivity index is 2.30. The Morgan fingerprint density at radius 3 is 2.00 bits per heavy atom. The van der Waals surface area contributed by atoms with Gasteiger partial charge in [0.2, 0.25) is 0 Å². The maximum Gasteiger partial charge on any atom is 0.142 e. The summed E-state index contributed by atoms with van der Waals surface area (Å²) in [5.74, 6) is 0.270. The molecule has 1 heterocycles. The van der Waals surface area contributed by atoms with Gasteiger partial charge in [-0.25, -0.2) is 4.98 Å². The van der Waals surface area contributed by atoms with Crippen LogP contribution in [0, 0.1) is 25.2 Å². The van der Waals surface area contributed by atoms with Gasteiger partial charge < -0.3 is 5.73 Å². The molecule has 0 aliphatic carbocycles. The topological polar surface area (TPSA) is 62.7 Å². The Hall–Kier alpha value is -3.12. The Labute approximate surface area is 136 Å². The standard InChI is InChI=1S/C20H17N3/c1-13-7-3-5-9-15(13)17-11-19(23-20(22)18(17)12-21)16-10-6-4-8-14(16)2/h3-11H,1-2H3,(H2,22,23). The molecule has 112 valence electrons. The fourth-order valence-corrected chi connectivity index (χ4v) is 2.77. The molecule has 0 fully saturated rings. The van der Waals surface area contributed by atoms with Crippen molar-refractivity contribution in [3.05, 3.63) is 71.3 Å². The molecule has 23 heavy (non-hydrogen) atoms. The van der Waals surface area contributed by atoms with Crippen molar-refractivity contribution in [3.63, 3.8) is 0 Å². The molecule has 0 spiro atoms. The van der Waals surface area contributed by atoms with Crippen LogP contribution in [0.4, 0.5) is 5.82 Å². The second-order valence-electron chi connectivity index (χ2n) is 5.56. The van der Waals surface area contributed by atoms with Gasteiger partial charge in [0.15, 0.2) is 0 Å². The van der Waals surface area contributed by atoms with Crippen molar-refractivity contribution in [1.82, 2.24) is 4.98 Å². The molecule has 0 atom stereocenters. The van der Waals surface area contributed by atoms with Crippen LogP contribution in [0.25, 0.3) is 22.4 Å². The number of aryl methyl sites for hydroxylation is 2. The van der Waals surface area contributed by atoms with Crippen LogP contribution in [0.1, 0.15) is 16.7 Å². The molecule has 3 heteroatoms. The van der Waals surface area contributed by atoms with Gasteiger partial charge in [-0.3, -0.25) is 0 Å². The SMILES string of the molecule is Cc1ccccc1-c1cc(-c2ccccc2C)c(C#N)c(N)n1. The van der Waals surface area contributed by atoms with Gasteiger partial charge in [-0.1, -0.05) is 48.5 Å². The van der Waals surface area contributed by atoms with Crippen molar-refractivity contribution in [3.8, 4) is 28.5 Å². The summed E-state index contributed by atoms with van der Waals surface area (Å²) in [7, 11) is 0. The van der Waals surface area contributed by atoms with Crippen molar-refractivity contribution in [1.29, 1.82) is 5.26 Å². The fourth-order valence-electron chi connectivity index (χ4n) is 2.77. The van der Waals surface area contributed by atoms with Crippen molar-refractivity contribution < 1.29 is 0 Å². The van der Waals surface area contributed by atoms with Gasteiger partial charge in [0.05, 0.1) is 5.69 Å². The average molecular weight is 299 g/mol. The smallest absolute Gasteiger partial charge is 0.142 e. The molecule has 2 aromatic carbocycles. The van der Waals surface area contributed by atoms with Crippen LogP contribution >= 0.6 is 0 Å². The van der Waals surface area contributed by atoms with Crippen LogP contribution in [0.2, 0.25) is 0 Å². The normalized spacial score (nSPS) is 10.3. The molecule has 0 radical (unpaired) electrons. The Morgan fingerprint density at radius 1 is 0.870 bits per heavy atom. The number of nitrogen functional groups attached to an aromatic ring is 1. The number of pyridine rings is 1. The van der Waals surface area contributed by atoms with E-state index in [0.29, 0.717) is 5.56 Å². The Kier molecular flexibility index (Phi) is 3.82. The maximum atomic E-state index is 9.50. The van der Waals surface area contributed by atoms with E-state index < -0.39 is 0 Å². The molecule has 0 unspecified atom stereocenters. The van der Waals surface area contributed by atoms with Gasteiger partial charge in [-0.2, -0.15) is 5.26 Å². The van der Waals surface area contributed by atoms with Gasteiger partial charge in [-0.05, 0) is 36.6 Å². The molecular formula is C20H17N3. The number of hydrogen-bond acceptors (Lipinski definition) is 3. The highest BCUT2D eigenvalue weighted by Gasteiger charge is 2.15. The fraction of sp³-hybridized carbons (Fsp3) is 0.100. The molecule has 2 N–H and O–H groups in total. The van der Waals surface area contributed by atoms with Gasteiger partial charge in [0.1, 0.15) is 17.5 Å².